The van der Waals surface area contributed by atoms with Gasteiger partial charge in [-0.3, -0.25) is 9.00 Å². The molecule has 2 aliphatic heterocycles. The number of ether oxygens (including phenoxy) is 1. The predicted octanol–water partition coefficient (Wildman–Crippen LogP) is -0.143. The SMILES string of the molecule is COC(=O)c1cn([C@H](CC[S@@](C)=O)C(=O)O)cc2c(=O)[nH]nc1-2. The topological polar surface area (TPSA) is 131 Å². The van der Waals surface area contributed by atoms with Crippen LogP contribution in [-0.4, -0.2) is 55.1 Å². The van der Waals surface area contributed by atoms with E-state index in [9.17, 15) is 23.7 Å². The third-order valence-corrected chi connectivity index (χ3v) is 4.12. The highest BCUT2D eigenvalue weighted by Gasteiger charge is 2.26. The Bertz CT molecular complexity index is 795. The van der Waals surface area contributed by atoms with E-state index >= 15 is 0 Å². The maximum absolute atomic E-state index is 11.9. The Morgan fingerprint density at radius 2 is 2.17 bits per heavy atom. The molecule has 0 saturated heterocycles. The summed E-state index contributed by atoms with van der Waals surface area (Å²) in [5.41, 5.74) is -0.368. The third kappa shape index (κ3) is 3.47. The van der Waals surface area contributed by atoms with E-state index in [1.54, 1.807) is 0 Å². The number of methoxy groups -OCH3 is 1. The van der Waals surface area contributed by atoms with E-state index in [-0.39, 0.29) is 29.0 Å². The number of rotatable bonds is 6. The summed E-state index contributed by atoms with van der Waals surface area (Å²) in [6.07, 6.45) is 4.14. The van der Waals surface area contributed by atoms with Crippen molar-refractivity contribution in [2.75, 3.05) is 19.1 Å². The van der Waals surface area contributed by atoms with Crippen molar-refractivity contribution >= 4 is 22.7 Å². The van der Waals surface area contributed by atoms with E-state index < -0.39 is 34.3 Å². The van der Waals surface area contributed by atoms with Gasteiger partial charge in [-0.2, -0.15) is 5.10 Å². The number of carboxylic acids is 1. The lowest BCUT2D eigenvalue weighted by molar-refractivity contribution is -0.141. The standard InChI is InChI=1S/C13H15N3O6S/c1-22-13(20)8-6-16(5-7-10(8)14-15-11(7)17)9(12(18)19)3-4-23(2)21/h5-6,9H,3-4H2,1-2H3,(H,15,17)(H,18,19)/t9-,23-/m1/s1. The van der Waals surface area contributed by atoms with Gasteiger partial charge in [0.1, 0.15) is 17.3 Å². The van der Waals surface area contributed by atoms with Crippen molar-refractivity contribution in [1.82, 2.24) is 14.8 Å². The van der Waals surface area contributed by atoms with Crippen molar-refractivity contribution in [3.63, 3.8) is 0 Å². The minimum Gasteiger partial charge on any atom is -0.480 e. The molecule has 0 saturated carbocycles. The first kappa shape index (κ1) is 16.9. The van der Waals surface area contributed by atoms with Crippen molar-refractivity contribution in [3.05, 3.63) is 28.3 Å². The van der Waals surface area contributed by atoms with Crippen LogP contribution in [0.5, 0.6) is 0 Å². The number of aromatic nitrogens is 3. The minimum atomic E-state index is -1.16. The lowest BCUT2D eigenvalue weighted by Gasteiger charge is -2.18. The zero-order chi connectivity index (χ0) is 17.1. The van der Waals surface area contributed by atoms with Crippen LogP contribution in [0.15, 0.2) is 17.2 Å². The van der Waals surface area contributed by atoms with Crippen LogP contribution in [0.4, 0.5) is 0 Å². The summed E-state index contributed by atoms with van der Waals surface area (Å²) < 4.78 is 17.1. The van der Waals surface area contributed by atoms with Crippen molar-refractivity contribution < 1.29 is 23.6 Å². The van der Waals surface area contributed by atoms with Crippen LogP contribution < -0.4 is 5.56 Å². The van der Waals surface area contributed by atoms with Gasteiger partial charge >= 0.3 is 11.9 Å². The van der Waals surface area contributed by atoms with Gasteiger partial charge in [0.25, 0.3) is 5.56 Å². The molecule has 0 aliphatic carbocycles. The molecule has 0 aromatic carbocycles. The Labute approximate surface area is 133 Å². The molecule has 0 amide bonds. The summed E-state index contributed by atoms with van der Waals surface area (Å²) in [7, 11) is 0.00732. The highest BCUT2D eigenvalue weighted by atomic mass is 32.2. The third-order valence-electron chi connectivity index (χ3n) is 3.31. The molecule has 0 aromatic heterocycles. The number of esters is 1. The molecule has 124 valence electrons. The van der Waals surface area contributed by atoms with Gasteiger partial charge in [0, 0.05) is 35.2 Å². The molecule has 2 rings (SSSR count). The molecule has 9 nitrogen and oxygen atoms in total. The molecule has 0 bridgehead atoms. The number of nitrogens with zero attached hydrogens (tertiary/aromatic N) is 2. The van der Waals surface area contributed by atoms with E-state index in [4.69, 9.17) is 0 Å². The molecule has 23 heavy (non-hydrogen) atoms. The first-order chi connectivity index (χ1) is 10.8. The van der Waals surface area contributed by atoms with E-state index in [1.807, 2.05) is 0 Å². The first-order valence-electron chi connectivity index (χ1n) is 6.56. The Kier molecular flexibility index (Phi) is 4.94. The molecule has 0 spiro atoms. The van der Waals surface area contributed by atoms with Gasteiger partial charge in [0.15, 0.2) is 0 Å². The van der Waals surface area contributed by atoms with Crippen molar-refractivity contribution in [3.8, 4) is 11.3 Å². The summed E-state index contributed by atoms with van der Waals surface area (Å²) in [6.45, 7) is 0. The van der Waals surface area contributed by atoms with E-state index in [0.29, 0.717) is 0 Å². The number of pyridine rings is 1. The average molecular weight is 341 g/mol. The number of aromatic amines is 1. The van der Waals surface area contributed by atoms with E-state index in [0.717, 1.165) is 0 Å². The second-order valence-electron chi connectivity index (χ2n) is 4.85. The van der Waals surface area contributed by atoms with Gasteiger partial charge in [-0.15, -0.1) is 0 Å². The van der Waals surface area contributed by atoms with Gasteiger partial charge in [0.05, 0.1) is 12.7 Å². The highest BCUT2D eigenvalue weighted by Crippen LogP contribution is 2.24. The smallest absolute Gasteiger partial charge is 0.341 e. The van der Waals surface area contributed by atoms with E-state index in [1.165, 1.54) is 30.3 Å². The summed E-state index contributed by atoms with van der Waals surface area (Å²) in [6, 6.07) is -1.07. The summed E-state index contributed by atoms with van der Waals surface area (Å²) in [5, 5.41) is 15.4. The quantitative estimate of drug-likeness (QED) is 0.699. The van der Waals surface area contributed by atoms with Crippen molar-refractivity contribution in [2.24, 2.45) is 0 Å². The predicted molar refractivity (Wildman–Crippen MR) is 81.0 cm³/mol. The Morgan fingerprint density at radius 1 is 1.48 bits per heavy atom. The molecule has 2 heterocycles. The molecule has 0 aromatic rings. The van der Waals surface area contributed by atoms with Gasteiger partial charge in [-0.05, 0) is 6.42 Å². The average Bonchev–Trinajstić information content (AvgIpc) is 2.87. The largest absolute Gasteiger partial charge is 0.480 e. The molecule has 0 unspecified atom stereocenters. The normalized spacial score (nSPS) is 13.7. The number of H-pyrrole nitrogens is 1. The highest BCUT2D eigenvalue weighted by molar-refractivity contribution is 7.84. The molecule has 10 heteroatoms. The second kappa shape index (κ2) is 6.73. The number of carboxylic acid groups (broad SMARTS) is 1. The van der Waals surface area contributed by atoms with Crippen LogP contribution >= 0.6 is 0 Å². The Balaban J connectivity index is 2.58. The van der Waals surface area contributed by atoms with Gasteiger partial charge in [-0.1, -0.05) is 0 Å². The fourth-order valence-corrected chi connectivity index (χ4v) is 2.73. The monoisotopic (exact) mass is 341 g/mol. The maximum Gasteiger partial charge on any atom is 0.341 e. The maximum atomic E-state index is 11.9. The summed E-state index contributed by atoms with van der Waals surface area (Å²) in [4.78, 5) is 35.1. The Morgan fingerprint density at radius 3 is 2.74 bits per heavy atom. The van der Waals surface area contributed by atoms with E-state index in [2.05, 4.69) is 14.9 Å². The molecular formula is C13H15N3O6S. The fourth-order valence-electron chi connectivity index (χ4n) is 2.17. The van der Waals surface area contributed by atoms with Crippen LogP contribution in [0.25, 0.3) is 11.3 Å². The fraction of sp³-hybridized carbons (Fsp3) is 0.385. The van der Waals surface area contributed by atoms with Crippen molar-refractivity contribution in [1.29, 1.82) is 0 Å². The summed E-state index contributed by atoms with van der Waals surface area (Å²) >= 11 is 0. The zero-order valence-corrected chi connectivity index (χ0v) is 13.3. The molecule has 2 atom stereocenters. The molecular weight excluding hydrogens is 326 g/mol. The number of carbonyl (C=O) groups is 2. The number of fused-ring (bicyclic) bond motifs is 1. The first-order valence-corrected chi connectivity index (χ1v) is 8.29. The number of aliphatic carboxylic acids is 1. The van der Waals surface area contributed by atoms with Crippen LogP contribution in [0.3, 0.4) is 0 Å². The number of hydrogen-bond acceptors (Lipinski definition) is 6. The summed E-state index contributed by atoms with van der Waals surface area (Å²) in [5.74, 6) is -1.73. The van der Waals surface area contributed by atoms with Crippen LogP contribution in [0.1, 0.15) is 22.8 Å². The van der Waals surface area contributed by atoms with Gasteiger partial charge in [-0.25, -0.2) is 14.7 Å². The molecule has 2 N–H and O–H groups in total. The van der Waals surface area contributed by atoms with Crippen molar-refractivity contribution in [2.45, 2.75) is 12.5 Å². The molecule has 2 aliphatic rings. The number of nitrogens with one attached hydrogen (secondary N) is 1. The second-order valence-corrected chi connectivity index (χ2v) is 6.40. The minimum absolute atomic E-state index is 0.0211. The lowest BCUT2D eigenvalue weighted by atomic mass is 10.1. The van der Waals surface area contributed by atoms with Crippen LogP contribution in [0.2, 0.25) is 0 Å². The van der Waals surface area contributed by atoms with Gasteiger partial charge < -0.3 is 14.4 Å². The number of hydrogen-bond donors (Lipinski definition) is 2. The molecule has 0 fully saturated rings. The Hall–Kier alpha value is -2.49. The van der Waals surface area contributed by atoms with Crippen LogP contribution in [0, 0.1) is 0 Å². The molecule has 0 radical (unpaired) electrons. The lowest BCUT2D eigenvalue weighted by Crippen LogP contribution is -2.23. The number of carbonyl (C=O) groups excluding carboxylic acids is 1. The van der Waals surface area contributed by atoms with Gasteiger partial charge in [0.2, 0.25) is 0 Å². The van der Waals surface area contributed by atoms with Crippen LogP contribution in [-0.2, 0) is 20.3 Å². The zero-order valence-electron chi connectivity index (χ0n) is 12.4.